The van der Waals surface area contributed by atoms with Gasteiger partial charge in [-0.3, -0.25) is 14.4 Å². The molecule has 10 unspecified atom stereocenters. The third kappa shape index (κ3) is 8.19. The van der Waals surface area contributed by atoms with E-state index in [1.54, 1.807) is 113 Å². The monoisotopic (exact) mass is 899 g/mol. The fraction of sp³-hybridized carbons (Fsp3) is 0.490. The molecule has 14 nitrogen and oxygen atoms in total. The highest BCUT2D eigenvalue weighted by molar-refractivity contribution is 7.98. The maximum Gasteiger partial charge on any atom is 0.350 e. The molecule has 2 bridgehead atoms. The lowest BCUT2D eigenvalue weighted by molar-refractivity contribution is -0.345. The third-order valence-electron chi connectivity index (χ3n) is 14.0. The highest BCUT2D eigenvalue weighted by atomic mass is 32.2. The summed E-state index contributed by atoms with van der Waals surface area (Å²) in [5, 5.41) is 41.7. The van der Waals surface area contributed by atoms with Crippen molar-refractivity contribution in [2.75, 3.05) is 18.8 Å². The summed E-state index contributed by atoms with van der Waals surface area (Å²) in [6.45, 7) is 7.85. The van der Waals surface area contributed by atoms with Gasteiger partial charge < -0.3 is 44.3 Å². The Bertz CT molecular complexity index is 2260. The first-order valence-electron chi connectivity index (χ1n) is 21.6. The molecule has 0 radical (unpaired) electrons. The van der Waals surface area contributed by atoms with Crippen LogP contribution in [-0.4, -0.2) is 112 Å². The number of carbonyl (C=O) groups excluding carboxylic acids is 5. The zero-order valence-electron chi connectivity index (χ0n) is 36.9. The van der Waals surface area contributed by atoms with Gasteiger partial charge in [0.1, 0.15) is 35.6 Å². The number of benzene rings is 3. The number of hydrogen-bond acceptors (Lipinski definition) is 14. The second kappa shape index (κ2) is 18.5. The molecule has 1 saturated heterocycles. The van der Waals surface area contributed by atoms with E-state index in [-0.39, 0.29) is 47.7 Å². The fourth-order valence-electron chi connectivity index (χ4n) is 10.4. The molecule has 1 aliphatic heterocycles. The molecule has 15 heteroatoms. The molecule has 64 heavy (non-hydrogen) atoms. The van der Waals surface area contributed by atoms with Gasteiger partial charge in [-0.2, -0.15) is 0 Å². The van der Waals surface area contributed by atoms with Gasteiger partial charge in [0, 0.05) is 36.2 Å². The van der Waals surface area contributed by atoms with Crippen LogP contribution in [0.2, 0.25) is 0 Å². The molecule has 4 N–H and O–H groups in total. The summed E-state index contributed by atoms with van der Waals surface area (Å²) in [5.74, 6) is -5.30. The number of rotatable bonds is 14. The maximum absolute atomic E-state index is 15.3. The van der Waals surface area contributed by atoms with Crippen molar-refractivity contribution in [3.63, 3.8) is 0 Å². The summed E-state index contributed by atoms with van der Waals surface area (Å²) in [7, 11) is 0. The molecule has 7 rings (SSSR count). The number of Topliss-reactive ketones (excluding diaryl/α,β-unsaturated/α-hetero) is 1. The van der Waals surface area contributed by atoms with Crippen molar-refractivity contribution in [1.82, 2.24) is 5.32 Å². The average Bonchev–Trinajstić information content (AvgIpc) is 3.28. The van der Waals surface area contributed by atoms with Gasteiger partial charge >= 0.3 is 17.9 Å². The molecular formula is C49H57NO13S. The predicted octanol–water partition coefficient (Wildman–Crippen LogP) is 5.29. The third-order valence-corrected chi connectivity index (χ3v) is 14.3. The van der Waals surface area contributed by atoms with Gasteiger partial charge in [0.05, 0.1) is 35.7 Å². The quantitative estimate of drug-likeness (QED) is 0.0703. The Morgan fingerprint density at radius 3 is 2.09 bits per heavy atom. The molecule has 2 saturated carbocycles. The van der Waals surface area contributed by atoms with E-state index >= 15 is 4.79 Å². The first kappa shape index (κ1) is 47.1. The Labute approximate surface area is 377 Å². The molecule has 4 aliphatic rings. The van der Waals surface area contributed by atoms with E-state index in [9.17, 15) is 34.5 Å². The molecule has 3 aliphatic carbocycles. The van der Waals surface area contributed by atoms with Crippen molar-refractivity contribution >= 4 is 41.4 Å². The number of fused-ring (bicyclic) bond motifs is 5. The Balaban J connectivity index is 1.37. The van der Waals surface area contributed by atoms with E-state index < -0.39 is 107 Å². The van der Waals surface area contributed by atoms with Gasteiger partial charge in [-0.05, 0) is 67.5 Å². The summed E-state index contributed by atoms with van der Waals surface area (Å²) in [6, 6.07) is 23.5. The van der Waals surface area contributed by atoms with Crippen LogP contribution < -0.4 is 5.32 Å². The zero-order valence-corrected chi connectivity index (χ0v) is 37.7. The Morgan fingerprint density at radius 2 is 1.52 bits per heavy atom. The summed E-state index contributed by atoms with van der Waals surface area (Å²) < 4.78 is 30.8. The van der Waals surface area contributed by atoms with Crippen LogP contribution in [0.3, 0.4) is 0 Å². The molecular weight excluding hydrogens is 843 g/mol. The van der Waals surface area contributed by atoms with Crippen LogP contribution in [0.4, 0.5) is 0 Å². The highest BCUT2D eigenvalue weighted by Gasteiger charge is 2.76. The number of carbonyl (C=O) groups is 5. The van der Waals surface area contributed by atoms with Gasteiger partial charge in [0.2, 0.25) is 6.10 Å². The summed E-state index contributed by atoms with van der Waals surface area (Å²) >= 11 is 1.36. The predicted molar refractivity (Wildman–Crippen MR) is 235 cm³/mol. The van der Waals surface area contributed by atoms with Crippen molar-refractivity contribution in [2.45, 2.75) is 114 Å². The Morgan fingerprint density at radius 1 is 0.906 bits per heavy atom. The molecule has 0 aromatic heterocycles. The number of thioether (sulfide) groups is 1. The Hall–Kier alpha value is -4.90. The number of aliphatic hydroxyl groups is 3. The minimum absolute atomic E-state index is 0.0172. The molecule has 0 spiro atoms. The first-order valence-corrected chi connectivity index (χ1v) is 23.0. The van der Waals surface area contributed by atoms with Crippen molar-refractivity contribution < 1.29 is 63.0 Å². The van der Waals surface area contributed by atoms with Crippen molar-refractivity contribution in [3.05, 3.63) is 119 Å². The van der Waals surface area contributed by atoms with Crippen LogP contribution in [-0.2, 0) is 38.1 Å². The number of amides is 1. The molecule has 11 atom stereocenters. The van der Waals surface area contributed by atoms with Gasteiger partial charge in [-0.1, -0.05) is 87.5 Å². The SMILES string of the molecule is CCCC(=O)OC(C(=O)OC1CC2(O)C(OC(=O)c3ccccc3)C3C4(O)COC4CC(OCSC)[C@@]3(C)C(=O)C(O)C(=C1C)C2(C)C)C(NC(=O)c1ccccc1)c1ccccc1. The van der Waals surface area contributed by atoms with Gasteiger partial charge in [-0.15, -0.1) is 11.8 Å². The number of ketones is 1. The molecule has 3 aromatic carbocycles. The van der Waals surface area contributed by atoms with E-state index in [4.69, 9.17) is 23.7 Å². The topological polar surface area (TPSA) is 204 Å². The van der Waals surface area contributed by atoms with Crippen LogP contribution >= 0.6 is 11.8 Å². The van der Waals surface area contributed by atoms with E-state index in [1.807, 2.05) is 6.26 Å². The molecule has 3 fully saturated rings. The van der Waals surface area contributed by atoms with Crippen LogP contribution in [0, 0.1) is 16.7 Å². The van der Waals surface area contributed by atoms with E-state index in [1.165, 1.54) is 23.9 Å². The minimum atomic E-state index is -2.29. The van der Waals surface area contributed by atoms with Crippen LogP contribution in [0.25, 0.3) is 0 Å². The summed E-state index contributed by atoms with van der Waals surface area (Å²) in [4.78, 5) is 71.6. The van der Waals surface area contributed by atoms with Gasteiger partial charge in [0.15, 0.2) is 5.78 Å². The van der Waals surface area contributed by atoms with Crippen molar-refractivity contribution in [2.24, 2.45) is 16.7 Å². The molecule has 3 aromatic rings. The highest BCUT2D eigenvalue weighted by Crippen LogP contribution is 2.63. The molecule has 1 heterocycles. The Kier molecular flexibility index (Phi) is 13.6. The number of esters is 3. The fourth-order valence-corrected chi connectivity index (χ4v) is 10.7. The van der Waals surface area contributed by atoms with Gasteiger partial charge in [0.25, 0.3) is 5.91 Å². The van der Waals surface area contributed by atoms with E-state index in [0.29, 0.717) is 12.0 Å². The average molecular weight is 900 g/mol. The number of nitrogens with one attached hydrogen (secondary N) is 1. The zero-order chi connectivity index (χ0) is 46.2. The normalized spacial score (nSPS) is 31.4. The van der Waals surface area contributed by atoms with Crippen molar-refractivity contribution in [1.29, 1.82) is 0 Å². The second-order valence-corrected chi connectivity index (χ2v) is 18.8. The maximum atomic E-state index is 15.3. The second-order valence-electron chi connectivity index (χ2n) is 18.0. The minimum Gasteiger partial charge on any atom is -0.455 e. The lowest BCUT2D eigenvalue weighted by atomic mass is 9.44. The van der Waals surface area contributed by atoms with Crippen LogP contribution in [0.15, 0.2) is 102 Å². The van der Waals surface area contributed by atoms with Crippen LogP contribution in [0.5, 0.6) is 0 Å². The summed E-state index contributed by atoms with van der Waals surface area (Å²) in [5.41, 5.74) is -6.45. The molecule has 342 valence electrons. The number of aliphatic hydroxyl groups excluding tert-OH is 1. The lowest BCUT2D eigenvalue weighted by Gasteiger charge is -2.67. The first-order chi connectivity index (χ1) is 30.4. The van der Waals surface area contributed by atoms with Gasteiger partial charge in [-0.25, -0.2) is 9.59 Å². The lowest BCUT2D eigenvalue weighted by Crippen LogP contribution is -2.81. The van der Waals surface area contributed by atoms with Crippen molar-refractivity contribution in [3.8, 4) is 0 Å². The largest absolute Gasteiger partial charge is 0.455 e. The number of hydrogen-bond donors (Lipinski definition) is 4. The smallest absolute Gasteiger partial charge is 0.350 e. The van der Waals surface area contributed by atoms with Crippen LogP contribution in [0.1, 0.15) is 92.6 Å². The van der Waals surface area contributed by atoms with E-state index in [2.05, 4.69) is 5.32 Å². The molecule has 1 amide bonds. The number of ether oxygens (including phenoxy) is 5. The van der Waals surface area contributed by atoms with E-state index in [0.717, 1.165) is 0 Å². The standard InChI is InChI=1S/C49H57NO13S/c1-7-17-35(51)62-39(37(29-18-11-8-12-19-29)50-43(54)30-20-13-9-14-21-30)45(56)61-32-25-49(58)42(63-44(55)31-22-15-10-16-23-31)40-47(5,41(53)38(52)36(28(32)2)46(49,3)4)33(60-27-64-6)24-34-48(40,57)26-59-34/h8-16,18-23,32-34,37-40,42,52,57-58H,7,17,24-27H2,1-6H3,(H,50,54)/t32?,33?,34?,37?,38?,39?,40?,42?,47-,48?,49?/m1/s1. The summed E-state index contributed by atoms with van der Waals surface area (Å²) in [6.07, 6.45) is -6.95.